The summed E-state index contributed by atoms with van der Waals surface area (Å²) >= 11 is 0. The van der Waals surface area contributed by atoms with E-state index in [4.69, 9.17) is 0 Å². The molecule has 0 aromatic carbocycles. The Morgan fingerprint density at radius 1 is 1.46 bits per heavy atom. The number of nitrogens with zero attached hydrogens (tertiary/aromatic N) is 1. The van der Waals surface area contributed by atoms with E-state index in [1.54, 1.807) is 0 Å². The molecule has 0 aliphatic carbocycles. The first-order chi connectivity index (χ1) is 5.95. The predicted octanol–water partition coefficient (Wildman–Crippen LogP) is 3.05. The molecule has 13 heavy (non-hydrogen) atoms. The van der Waals surface area contributed by atoms with Gasteiger partial charge in [-0.3, -0.25) is 0 Å². The predicted molar refractivity (Wildman–Crippen MR) is 58.5 cm³/mol. The van der Waals surface area contributed by atoms with Gasteiger partial charge in [-0.1, -0.05) is 33.9 Å². The van der Waals surface area contributed by atoms with Crippen molar-refractivity contribution in [3.05, 3.63) is 24.9 Å². The van der Waals surface area contributed by atoms with Gasteiger partial charge in [0.25, 0.3) is 0 Å². The molecule has 1 aliphatic heterocycles. The number of hydrogen-bond acceptors (Lipinski definition) is 1. The maximum Gasteiger partial charge on any atom is 0.0287 e. The van der Waals surface area contributed by atoms with Crippen molar-refractivity contribution in [2.24, 2.45) is 11.3 Å². The van der Waals surface area contributed by atoms with E-state index in [-0.39, 0.29) is 0 Å². The van der Waals surface area contributed by atoms with Crippen LogP contribution in [0.2, 0.25) is 0 Å². The fourth-order valence-electron chi connectivity index (χ4n) is 1.86. The third kappa shape index (κ3) is 2.36. The summed E-state index contributed by atoms with van der Waals surface area (Å²) in [5.74, 6) is 0.796. The summed E-state index contributed by atoms with van der Waals surface area (Å²) < 4.78 is 0. The fraction of sp³-hybridized carbons (Fsp3) is 0.667. The minimum atomic E-state index is 0.427. The highest BCUT2D eigenvalue weighted by molar-refractivity contribution is 5.11. The lowest BCUT2D eigenvalue weighted by Gasteiger charge is -2.27. The van der Waals surface area contributed by atoms with Crippen LogP contribution < -0.4 is 0 Å². The third-order valence-corrected chi connectivity index (χ3v) is 3.05. The Hall–Kier alpha value is -0.720. The SMILES string of the molecule is C=CC(=C)N1CC[C@H](C(C)(C)C)C1. The van der Waals surface area contributed by atoms with Gasteiger partial charge in [0.2, 0.25) is 0 Å². The second-order valence-corrected chi connectivity index (χ2v) is 4.99. The lowest BCUT2D eigenvalue weighted by Crippen LogP contribution is -2.24. The van der Waals surface area contributed by atoms with Crippen LogP contribution in [-0.4, -0.2) is 18.0 Å². The van der Waals surface area contributed by atoms with Crippen LogP contribution in [0.1, 0.15) is 27.2 Å². The van der Waals surface area contributed by atoms with E-state index in [1.807, 2.05) is 6.08 Å². The normalized spacial score (nSPS) is 23.3. The molecule has 1 nitrogen and oxygen atoms in total. The largest absolute Gasteiger partial charge is 0.372 e. The van der Waals surface area contributed by atoms with Crippen molar-refractivity contribution in [2.75, 3.05) is 13.1 Å². The Kier molecular flexibility index (Phi) is 2.84. The van der Waals surface area contributed by atoms with Crippen LogP contribution in [0.3, 0.4) is 0 Å². The van der Waals surface area contributed by atoms with Crippen LogP contribution in [0.15, 0.2) is 24.9 Å². The molecular weight excluding hydrogens is 158 g/mol. The number of allylic oxidation sites excluding steroid dienone is 1. The van der Waals surface area contributed by atoms with Crippen molar-refractivity contribution < 1.29 is 0 Å². The minimum absolute atomic E-state index is 0.427. The van der Waals surface area contributed by atoms with Crippen LogP contribution in [0, 0.1) is 11.3 Å². The van der Waals surface area contributed by atoms with Gasteiger partial charge in [0, 0.05) is 18.8 Å². The van der Waals surface area contributed by atoms with E-state index in [1.165, 1.54) is 6.42 Å². The van der Waals surface area contributed by atoms with Crippen molar-refractivity contribution in [3.8, 4) is 0 Å². The smallest absolute Gasteiger partial charge is 0.0287 e. The van der Waals surface area contributed by atoms with Gasteiger partial charge in [-0.25, -0.2) is 0 Å². The van der Waals surface area contributed by atoms with Gasteiger partial charge in [0.1, 0.15) is 0 Å². The van der Waals surface area contributed by atoms with Gasteiger partial charge >= 0.3 is 0 Å². The number of hydrogen-bond donors (Lipinski definition) is 0. The minimum Gasteiger partial charge on any atom is -0.372 e. The first kappa shape index (κ1) is 10.4. The summed E-state index contributed by atoms with van der Waals surface area (Å²) in [6.07, 6.45) is 3.14. The van der Waals surface area contributed by atoms with E-state index in [0.29, 0.717) is 5.41 Å². The zero-order valence-electron chi connectivity index (χ0n) is 9.14. The molecule has 0 aromatic rings. The Balaban J connectivity index is 2.54. The molecule has 1 rings (SSSR count). The van der Waals surface area contributed by atoms with E-state index in [9.17, 15) is 0 Å². The summed E-state index contributed by atoms with van der Waals surface area (Å²) in [6, 6.07) is 0. The van der Waals surface area contributed by atoms with Crippen molar-refractivity contribution in [3.63, 3.8) is 0 Å². The molecule has 0 aromatic heterocycles. The lowest BCUT2D eigenvalue weighted by molar-refractivity contribution is 0.244. The molecule has 0 N–H and O–H groups in total. The average molecular weight is 179 g/mol. The van der Waals surface area contributed by atoms with E-state index >= 15 is 0 Å². The molecule has 0 saturated carbocycles. The zero-order chi connectivity index (χ0) is 10.1. The van der Waals surface area contributed by atoms with Gasteiger partial charge in [0.05, 0.1) is 0 Å². The van der Waals surface area contributed by atoms with Crippen molar-refractivity contribution >= 4 is 0 Å². The Morgan fingerprint density at radius 3 is 2.46 bits per heavy atom. The van der Waals surface area contributed by atoms with Gasteiger partial charge < -0.3 is 4.90 Å². The average Bonchev–Trinajstić information content (AvgIpc) is 2.50. The second-order valence-electron chi connectivity index (χ2n) is 4.99. The summed E-state index contributed by atoms with van der Waals surface area (Å²) in [5, 5.41) is 0. The molecule has 1 heteroatoms. The highest BCUT2D eigenvalue weighted by Crippen LogP contribution is 2.34. The molecule has 1 fully saturated rings. The van der Waals surface area contributed by atoms with Gasteiger partial charge in [-0.05, 0) is 23.8 Å². The molecule has 74 valence electrons. The van der Waals surface area contributed by atoms with Gasteiger partial charge in [-0.15, -0.1) is 0 Å². The topological polar surface area (TPSA) is 3.24 Å². The maximum absolute atomic E-state index is 3.98. The van der Waals surface area contributed by atoms with Crippen molar-refractivity contribution in [2.45, 2.75) is 27.2 Å². The molecule has 0 unspecified atom stereocenters. The fourth-order valence-corrected chi connectivity index (χ4v) is 1.86. The number of rotatable bonds is 2. The van der Waals surface area contributed by atoms with Crippen LogP contribution in [0.5, 0.6) is 0 Å². The Morgan fingerprint density at radius 2 is 2.08 bits per heavy atom. The Bertz CT molecular complexity index is 210. The molecule has 0 spiro atoms. The molecule has 1 heterocycles. The van der Waals surface area contributed by atoms with Gasteiger partial charge in [0.15, 0.2) is 0 Å². The van der Waals surface area contributed by atoms with Crippen molar-refractivity contribution in [1.29, 1.82) is 0 Å². The first-order valence-electron chi connectivity index (χ1n) is 5.01. The highest BCUT2D eigenvalue weighted by atomic mass is 15.2. The van der Waals surface area contributed by atoms with Crippen LogP contribution in [0.25, 0.3) is 0 Å². The quantitative estimate of drug-likeness (QED) is 0.589. The van der Waals surface area contributed by atoms with Gasteiger partial charge in [-0.2, -0.15) is 0 Å². The van der Waals surface area contributed by atoms with Crippen LogP contribution >= 0.6 is 0 Å². The molecule has 0 bridgehead atoms. The maximum atomic E-state index is 3.98. The molecule has 1 aliphatic rings. The van der Waals surface area contributed by atoms with E-state index in [0.717, 1.165) is 24.7 Å². The third-order valence-electron chi connectivity index (χ3n) is 3.05. The molecule has 0 radical (unpaired) electrons. The molecule has 1 atom stereocenters. The monoisotopic (exact) mass is 179 g/mol. The molecule has 1 saturated heterocycles. The van der Waals surface area contributed by atoms with Crippen LogP contribution in [-0.2, 0) is 0 Å². The van der Waals surface area contributed by atoms with E-state index < -0.39 is 0 Å². The van der Waals surface area contributed by atoms with Crippen LogP contribution in [0.4, 0.5) is 0 Å². The highest BCUT2D eigenvalue weighted by Gasteiger charge is 2.31. The second kappa shape index (κ2) is 3.57. The summed E-state index contributed by atoms with van der Waals surface area (Å²) in [6.45, 7) is 17.0. The van der Waals surface area contributed by atoms with Crippen molar-refractivity contribution in [1.82, 2.24) is 4.90 Å². The standard InChI is InChI=1S/C12H21N/c1-6-10(2)13-8-7-11(9-13)12(3,4)5/h6,11H,1-2,7-9H2,3-5H3/t11-/m0/s1. The molecule has 0 amide bonds. The summed E-state index contributed by atoms with van der Waals surface area (Å²) in [5.41, 5.74) is 1.50. The summed E-state index contributed by atoms with van der Waals surface area (Å²) in [7, 11) is 0. The summed E-state index contributed by atoms with van der Waals surface area (Å²) in [4.78, 5) is 2.34. The Labute approximate surface area is 82.1 Å². The zero-order valence-corrected chi connectivity index (χ0v) is 9.14. The number of likely N-dealkylation sites (tertiary alicyclic amines) is 1. The first-order valence-corrected chi connectivity index (χ1v) is 5.01. The van der Waals surface area contributed by atoms with E-state index in [2.05, 4.69) is 38.8 Å². The molecular formula is C12H21N. The lowest BCUT2D eigenvalue weighted by atomic mass is 9.80.